The smallest absolute Gasteiger partial charge is 0.204 e. The largest absolute Gasteiger partial charge is 0.245 e. The Morgan fingerprint density at radius 3 is 2.52 bits per heavy atom. The van der Waals surface area contributed by atoms with Crippen molar-refractivity contribution in [3.8, 4) is 11.4 Å². The summed E-state index contributed by atoms with van der Waals surface area (Å²) in [4.78, 5) is 4.80. The Labute approximate surface area is 182 Å². The topological polar surface area (TPSA) is 85.2 Å². The Kier molecular flexibility index (Phi) is 6.50. The second kappa shape index (κ2) is 9.64. The van der Waals surface area contributed by atoms with Crippen LogP contribution in [0.5, 0.6) is 0 Å². The van der Waals surface area contributed by atoms with Crippen LogP contribution in [0.25, 0.3) is 11.4 Å². The van der Waals surface area contributed by atoms with Crippen LogP contribution in [0.1, 0.15) is 67.9 Å². The van der Waals surface area contributed by atoms with Crippen molar-refractivity contribution in [3.63, 3.8) is 0 Å². The minimum atomic E-state index is 0.406. The van der Waals surface area contributed by atoms with Crippen LogP contribution >= 0.6 is 0 Å². The molecule has 0 radical (unpaired) electrons. The Bertz CT molecular complexity index is 1100. The number of rotatable bonds is 9. The summed E-state index contributed by atoms with van der Waals surface area (Å²) in [6.45, 7) is 7.35. The standard InChI is InChI=1S/C24H29N7/c1-4-7-22-25-24(17(3)5-2)31(28-22)16-19-12-10-18(11-13-19)14-20-8-6-9-21(15-20)23-26-29-30-27-23/h6,8-13,15,17H,4-5,7,14,16H2,1-3H3,(H,26,27,29,30). The van der Waals surface area contributed by atoms with Crippen molar-refractivity contribution in [2.45, 2.75) is 58.9 Å². The van der Waals surface area contributed by atoms with Crippen molar-refractivity contribution in [3.05, 3.63) is 76.9 Å². The molecular formula is C24H29N7. The summed E-state index contributed by atoms with van der Waals surface area (Å²) in [6.07, 6.45) is 3.91. The fourth-order valence-corrected chi connectivity index (χ4v) is 3.67. The maximum Gasteiger partial charge on any atom is 0.204 e. The minimum Gasteiger partial charge on any atom is -0.245 e. The van der Waals surface area contributed by atoms with Crippen LogP contribution in [0.3, 0.4) is 0 Å². The molecule has 31 heavy (non-hydrogen) atoms. The Morgan fingerprint density at radius 2 is 1.81 bits per heavy atom. The van der Waals surface area contributed by atoms with E-state index in [0.29, 0.717) is 11.7 Å². The van der Waals surface area contributed by atoms with E-state index < -0.39 is 0 Å². The van der Waals surface area contributed by atoms with E-state index in [9.17, 15) is 0 Å². The molecule has 0 amide bonds. The third-order valence-electron chi connectivity index (χ3n) is 5.57. The normalized spacial score (nSPS) is 12.2. The lowest BCUT2D eigenvalue weighted by molar-refractivity contribution is 0.574. The zero-order valence-electron chi connectivity index (χ0n) is 18.4. The molecule has 7 heteroatoms. The van der Waals surface area contributed by atoms with Gasteiger partial charge in [-0.25, -0.2) is 9.67 Å². The van der Waals surface area contributed by atoms with E-state index in [1.54, 1.807) is 0 Å². The molecule has 0 aliphatic rings. The van der Waals surface area contributed by atoms with Crippen molar-refractivity contribution in [1.82, 2.24) is 35.4 Å². The quantitative estimate of drug-likeness (QED) is 0.433. The van der Waals surface area contributed by atoms with Gasteiger partial charge in [0.25, 0.3) is 0 Å². The third-order valence-corrected chi connectivity index (χ3v) is 5.57. The molecule has 0 saturated carbocycles. The molecule has 0 aliphatic carbocycles. The summed E-state index contributed by atoms with van der Waals surface area (Å²) in [6, 6.07) is 17.1. The number of H-pyrrole nitrogens is 1. The van der Waals surface area contributed by atoms with Gasteiger partial charge in [-0.2, -0.15) is 10.3 Å². The lowest BCUT2D eigenvalue weighted by atomic mass is 10.0. The minimum absolute atomic E-state index is 0.406. The van der Waals surface area contributed by atoms with Crippen LogP contribution in [0.4, 0.5) is 0 Å². The fraction of sp³-hybridized carbons (Fsp3) is 0.375. The van der Waals surface area contributed by atoms with Gasteiger partial charge < -0.3 is 0 Å². The SMILES string of the molecule is CCCc1nc(C(C)CC)n(Cc2ccc(Cc3cccc(-c4nn[nH]n4)c3)cc2)n1. The van der Waals surface area contributed by atoms with Crippen molar-refractivity contribution < 1.29 is 0 Å². The van der Waals surface area contributed by atoms with E-state index in [4.69, 9.17) is 10.1 Å². The highest BCUT2D eigenvalue weighted by molar-refractivity contribution is 5.55. The van der Waals surface area contributed by atoms with Gasteiger partial charge in [0.1, 0.15) is 5.82 Å². The van der Waals surface area contributed by atoms with E-state index in [2.05, 4.69) is 82.5 Å². The number of aromatic nitrogens is 7. The summed E-state index contributed by atoms with van der Waals surface area (Å²) in [5, 5.41) is 19.1. The molecule has 4 rings (SSSR count). The van der Waals surface area contributed by atoms with Crippen molar-refractivity contribution in [1.29, 1.82) is 0 Å². The Morgan fingerprint density at radius 1 is 1.00 bits per heavy atom. The molecule has 160 valence electrons. The van der Waals surface area contributed by atoms with Gasteiger partial charge in [-0.3, -0.25) is 0 Å². The van der Waals surface area contributed by atoms with E-state index >= 15 is 0 Å². The molecule has 1 atom stereocenters. The molecule has 2 aromatic heterocycles. The first-order chi connectivity index (χ1) is 15.2. The highest BCUT2D eigenvalue weighted by Crippen LogP contribution is 2.20. The first-order valence-electron chi connectivity index (χ1n) is 11.0. The predicted molar refractivity (Wildman–Crippen MR) is 121 cm³/mol. The van der Waals surface area contributed by atoms with Crippen LogP contribution in [0.2, 0.25) is 0 Å². The van der Waals surface area contributed by atoms with Gasteiger partial charge in [0.15, 0.2) is 5.82 Å². The van der Waals surface area contributed by atoms with Gasteiger partial charge in [-0.1, -0.05) is 63.2 Å². The second-order valence-electron chi connectivity index (χ2n) is 8.03. The van der Waals surface area contributed by atoms with Gasteiger partial charge in [-0.15, -0.1) is 10.2 Å². The molecule has 0 fully saturated rings. The summed E-state index contributed by atoms with van der Waals surface area (Å²) < 4.78 is 2.09. The molecule has 0 bridgehead atoms. The molecule has 7 nitrogen and oxygen atoms in total. The number of aromatic amines is 1. The van der Waals surface area contributed by atoms with Crippen LogP contribution in [-0.2, 0) is 19.4 Å². The molecule has 0 aliphatic heterocycles. The third kappa shape index (κ3) is 5.05. The number of tetrazole rings is 1. The van der Waals surface area contributed by atoms with E-state index in [0.717, 1.165) is 49.4 Å². The van der Waals surface area contributed by atoms with Crippen molar-refractivity contribution in [2.24, 2.45) is 0 Å². The number of aryl methyl sites for hydroxylation is 1. The van der Waals surface area contributed by atoms with Gasteiger partial charge >= 0.3 is 0 Å². The van der Waals surface area contributed by atoms with Gasteiger partial charge in [-0.05, 0) is 47.2 Å². The average Bonchev–Trinajstić information content (AvgIpc) is 3.46. The average molecular weight is 416 g/mol. The maximum absolute atomic E-state index is 4.80. The maximum atomic E-state index is 4.80. The number of benzene rings is 2. The summed E-state index contributed by atoms with van der Waals surface area (Å²) in [7, 11) is 0. The van der Waals surface area contributed by atoms with Crippen LogP contribution < -0.4 is 0 Å². The zero-order valence-corrected chi connectivity index (χ0v) is 18.4. The zero-order chi connectivity index (χ0) is 21.6. The van der Waals surface area contributed by atoms with Crippen LogP contribution in [0.15, 0.2) is 48.5 Å². The predicted octanol–water partition coefficient (Wildman–Crippen LogP) is 4.56. The van der Waals surface area contributed by atoms with Crippen molar-refractivity contribution >= 4 is 0 Å². The highest BCUT2D eigenvalue weighted by Gasteiger charge is 2.15. The number of hydrogen-bond donors (Lipinski definition) is 1. The molecule has 1 N–H and O–H groups in total. The fourth-order valence-electron chi connectivity index (χ4n) is 3.67. The van der Waals surface area contributed by atoms with E-state index in [1.165, 1.54) is 16.7 Å². The Hall–Kier alpha value is -3.35. The molecule has 1 unspecified atom stereocenters. The van der Waals surface area contributed by atoms with E-state index in [-0.39, 0.29) is 0 Å². The second-order valence-corrected chi connectivity index (χ2v) is 8.03. The van der Waals surface area contributed by atoms with Gasteiger partial charge in [0, 0.05) is 17.9 Å². The summed E-state index contributed by atoms with van der Waals surface area (Å²) in [5.74, 6) is 3.07. The highest BCUT2D eigenvalue weighted by atomic mass is 15.5. The summed E-state index contributed by atoms with van der Waals surface area (Å²) in [5.41, 5.74) is 4.69. The molecule has 2 heterocycles. The van der Waals surface area contributed by atoms with Crippen molar-refractivity contribution in [2.75, 3.05) is 0 Å². The molecule has 0 spiro atoms. The van der Waals surface area contributed by atoms with Crippen LogP contribution in [0, 0.1) is 0 Å². The van der Waals surface area contributed by atoms with E-state index in [1.807, 2.05) is 12.1 Å². The molecule has 4 aromatic rings. The molecule has 0 saturated heterocycles. The molecule has 2 aromatic carbocycles. The number of nitrogens with one attached hydrogen (secondary N) is 1. The first kappa shape index (κ1) is 20.9. The van der Waals surface area contributed by atoms with Crippen LogP contribution in [-0.4, -0.2) is 35.4 Å². The van der Waals surface area contributed by atoms with Gasteiger partial charge in [0.2, 0.25) is 5.82 Å². The molecular weight excluding hydrogens is 386 g/mol. The first-order valence-corrected chi connectivity index (χ1v) is 11.0. The summed E-state index contributed by atoms with van der Waals surface area (Å²) >= 11 is 0. The number of nitrogens with zero attached hydrogens (tertiary/aromatic N) is 6. The number of hydrogen-bond acceptors (Lipinski definition) is 5. The lowest BCUT2D eigenvalue weighted by Gasteiger charge is -2.11. The Balaban J connectivity index is 1.47. The lowest BCUT2D eigenvalue weighted by Crippen LogP contribution is -2.09. The van der Waals surface area contributed by atoms with Gasteiger partial charge in [0.05, 0.1) is 6.54 Å². The monoisotopic (exact) mass is 415 g/mol.